The van der Waals surface area contributed by atoms with Gasteiger partial charge in [0, 0.05) is 62.2 Å². The second-order valence-corrected chi connectivity index (χ2v) is 26.9. The van der Waals surface area contributed by atoms with E-state index in [0.717, 1.165) is 89.3 Å². The lowest BCUT2D eigenvalue weighted by molar-refractivity contribution is 0.426. The lowest BCUT2D eigenvalue weighted by Crippen LogP contribution is -2.32. The highest BCUT2D eigenvalue weighted by Gasteiger charge is 2.40. The summed E-state index contributed by atoms with van der Waals surface area (Å²) < 4.78 is 0. The lowest BCUT2D eigenvalue weighted by Gasteiger charge is -2.21. The first-order chi connectivity index (χ1) is 49.8. The molecule has 0 aliphatic heterocycles. The molecule has 12 heteroatoms. The van der Waals surface area contributed by atoms with E-state index in [1.54, 1.807) is 12.3 Å². The Bertz CT molecular complexity index is 5810. The zero-order valence-corrected chi connectivity index (χ0v) is 57.2. The molecule has 0 fully saturated rings. The van der Waals surface area contributed by atoms with Gasteiger partial charge in [0.15, 0.2) is 29.1 Å². The van der Waals surface area contributed by atoms with Gasteiger partial charge in [0.2, 0.25) is 5.28 Å². The van der Waals surface area contributed by atoms with Crippen LogP contribution in [-0.4, -0.2) is 57.0 Å². The minimum atomic E-state index is -1.46. The predicted molar refractivity (Wildman–Crippen MR) is 422 cm³/mol. The number of hydrogen-bond donors (Lipinski definition) is 2. The topological polar surface area (TPSA) is 144 Å². The van der Waals surface area contributed by atoms with Gasteiger partial charge in [-0.2, -0.15) is 9.97 Å². The van der Waals surface area contributed by atoms with Crippen LogP contribution in [0.1, 0.15) is 57.4 Å². The minimum absolute atomic E-state index is 0. The van der Waals surface area contributed by atoms with Crippen molar-refractivity contribution in [2.24, 2.45) is 0 Å². The van der Waals surface area contributed by atoms with Crippen molar-refractivity contribution in [2.75, 3.05) is 0 Å². The van der Waals surface area contributed by atoms with Gasteiger partial charge in [0.1, 0.15) is 0 Å². The number of pyridine rings is 2. The number of benzene rings is 12. The van der Waals surface area contributed by atoms with Crippen molar-refractivity contribution in [3.8, 4) is 124 Å². The molecule has 18 rings (SSSR count). The first-order valence-corrected chi connectivity index (χ1v) is 34.4. The van der Waals surface area contributed by atoms with Gasteiger partial charge in [-0.15, -0.1) is 0 Å². The van der Waals surface area contributed by atoms with E-state index in [2.05, 4.69) is 235 Å². The number of nitrogens with zero attached hydrogens (tertiary/aromatic N) is 8. The Morgan fingerprint density at radius 3 is 1.15 bits per heavy atom. The highest BCUT2D eigenvalue weighted by molar-refractivity contribution is 6.61. The summed E-state index contributed by atoms with van der Waals surface area (Å²) in [4.78, 5) is 37.9. The Hall–Kier alpha value is -12.2. The van der Waals surface area contributed by atoms with Gasteiger partial charge < -0.3 is 10.0 Å². The fourth-order valence-electron chi connectivity index (χ4n) is 14.5. The summed E-state index contributed by atoms with van der Waals surface area (Å²) in [6, 6.07) is 103. The van der Waals surface area contributed by atoms with Crippen molar-refractivity contribution >= 4 is 45.7 Å². The summed E-state index contributed by atoms with van der Waals surface area (Å²) in [7, 11) is -1.46. The second kappa shape index (κ2) is 28.1. The van der Waals surface area contributed by atoms with E-state index in [-0.39, 0.29) is 23.5 Å². The zero-order chi connectivity index (χ0) is 69.5. The summed E-state index contributed by atoms with van der Waals surface area (Å²) >= 11 is 6.26. The lowest BCUT2D eigenvalue weighted by atomic mass is 9.73. The molecule has 0 spiro atoms. The Morgan fingerprint density at radius 1 is 0.291 bits per heavy atom. The van der Waals surface area contributed by atoms with Crippen LogP contribution >= 0.6 is 11.6 Å². The second-order valence-electron chi connectivity index (χ2n) is 26.6. The molecular weight excluding hydrogens is 1280 g/mol. The first kappa shape index (κ1) is 66.6. The average molecular weight is 1350 g/mol. The molecule has 10 nitrogen and oxygen atoms in total. The van der Waals surface area contributed by atoms with Gasteiger partial charge in [-0.25, -0.2) is 19.9 Å². The van der Waals surface area contributed by atoms with Gasteiger partial charge in [-0.1, -0.05) is 302 Å². The third-order valence-electron chi connectivity index (χ3n) is 19.6. The van der Waals surface area contributed by atoms with Crippen molar-refractivity contribution in [1.29, 1.82) is 0 Å². The minimum Gasteiger partial charge on any atom is -0.423 e. The van der Waals surface area contributed by atoms with E-state index >= 15 is 0 Å². The molecule has 4 heterocycles. The molecule has 16 aromatic rings. The van der Waals surface area contributed by atoms with E-state index in [1.165, 1.54) is 49.4 Å². The van der Waals surface area contributed by atoms with E-state index in [1.807, 2.05) is 121 Å². The predicted octanol–water partition coefficient (Wildman–Crippen LogP) is 21.1. The zero-order valence-electron chi connectivity index (χ0n) is 56.4. The van der Waals surface area contributed by atoms with Crippen LogP contribution in [-0.2, 0) is 10.8 Å². The third kappa shape index (κ3) is 12.9. The van der Waals surface area contributed by atoms with Crippen molar-refractivity contribution in [3.05, 3.63) is 343 Å². The van der Waals surface area contributed by atoms with E-state index in [9.17, 15) is 10.0 Å². The normalized spacial score (nSPS) is 12.5. The van der Waals surface area contributed by atoms with Crippen LogP contribution in [0.5, 0.6) is 0 Å². The fourth-order valence-corrected chi connectivity index (χ4v) is 14.6. The molecule has 0 saturated heterocycles. The van der Waals surface area contributed by atoms with Crippen molar-refractivity contribution in [2.45, 2.75) is 46.0 Å². The van der Waals surface area contributed by atoms with Crippen LogP contribution in [0.3, 0.4) is 0 Å². The highest BCUT2D eigenvalue weighted by atomic mass is 35.5. The first-order valence-electron chi connectivity index (χ1n) is 34.0. The molecule has 496 valence electrons. The van der Waals surface area contributed by atoms with Crippen LogP contribution in [0, 0.1) is 0 Å². The summed E-state index contributed by atoms with van der Waals surface area (Å²) in [5.74, 6) is 3.01. The standard InChI is InChI=1S/C45H32N4.C26H17ClN4.C19H17BO2.CH4/c1-45(2)37-19-11-18-36(41(37)40-35-17-7-6-14-30(35)25-26-38(40)45)44-48-42(32-23-21-31(22-24-32)39-20-8-9-27-46-39)47-43(49-44)34-16-10-15-33(28-34)29-12-4-3-5-13-29;27-26-30-24(20-14-12-19(13-15-20)23-11-4-5-16-28-23)29-25(31-26)22-10-6-9-21(17-22)18-7-2-1-3-8-18;1-19(2)14-8-5-9-16(20(21)22)18(14)17-13-7-4-3-6-12(13)10-11-15(17)19;/h3-28H,1-2H3;1-17H;3-11,21-22H,1-2H3;1H4. The van der Waals surface area contributed by atoms with Crippen LogP contribution in [0.15, 0.2) is 316 Å². The van der Waals surface area contributed by atoms with Gasteiger partial charge in [-0.05, 0) is 142 Å². The van der Waals surface area contributed by atoms with Crippen LogP contribution < -0.4 is 5.46 Å². The third-order valence-corrected chi connectivity index (χ3v) is 19.8. The van der Waals surface area contributed by atoms with Crippen molar-refractivity contribution < 1.29 is 10.0 Å². The van der Waals surface area contributed by atoms with Crippen molar-refractivity contribution in [1.82, 2.24) is 39.9 Å². The molecule has 0 saturated carbocycles. The van der Waals surface area contributed by atoms with E-state index in [0.29, 0.717) is 34.6 Å². The maximum Gasteiger partial charge on any atom is 0.489 e. The Morgan fingerprint density at radius 2 is 0.660 bits per heavy atom. The molecule has 0 amide bonds. The Labute approximate surface area is 605 Å². The monoisotopic (exact) mass is 1350 g/mol. The van der Waals surface area contributed by atoms with Gasteiger partial charge in [-0.3, -0.25) is 9.97 Å². The molecule has 2 aliphatic rings. The average Bonchev–Trinajstić information content (AvgIpc) is 1.56. The number of hydrogen-bond acceptors (Lipinski definition) is 10. The van der Waals surface area contributed by atoms with Crippen LogP contribution in [0.2, 0.25) is 5.28 Å². The SMILES string of the molecule is C.CC1(C)c2cccc(-c3nc(-c4ccc(-c5ccccn5)cc4)nc(-c4cccc(-c5ccccc5)c4)n3)c2-c2c1ccc1ccccc21.CC1(C)c2cccc(B(O)O)c2-c2c1ccc1ccccc21.Clc1nc(-c2ccc(-c3ccccn3)cc2)nc(-c2cccc(-c3ccccc3)c2)n1. The maximum absolute atomic E-state index is 9.81. The van der Waals surface area contributed by atoms with Gasteiger partial charge in [0.25, 0.3) is 0 Å². The molecule has 2 N–H and O–H groups in total. The molecule has 2 aliphatic carbocycles. The molecule has 0 bridgehead atoms. The molecular formula is C91H70BClN8O2. The molecule has 103 heavy (non-hydrogen) atoms. The number of halogens is 1. The summed E-state index contributed by atoms with van der Waals surface area (Å²) in [5, 5.41) is 24.6. The van der Waals surface area contributed by atoms with Gasteiger partial charge in [0.05, 0.1) is 11.4 Å². The smallest absolute Gasteiger partial charge is 0.423 e. The van der Waals surface area contributed by atoms with Crippen LogP contribution in [0.4, 0.5) is 0 Å². The number of aromatic nitrogens is 8. The summed E-state index contributed by atoms with van der Waals surface area (Å²) in [5.41, 5.74) is 22.9. The van der Waals surface area contributed by atoms with Gasteiger partial charge >= 0.3 is 7.12 Å². The number of rotatable bonds is 10. The summed E-state index contributed by atoms with van der Waals surface area (Å²) in [6.45, 7) is 9.03. The molecule has 12 aromatic carbocycles. The molecule has 0 atom stereocenters. The molecule has 0 unspecified atom stereocenters. The molecule has 0 radical (unpaired) electrons. The highest BCUT2D eigenvalue weighted by Crippen LogP contribution is 2.55. The van der Waals surface area contributed by atoms with Crippen LogP contribution in [0.25, 0.3) is 146 Å². The molecule has 4 aromatic heterocycles. The number of fused-ring (bicyclic) bond motifs is 10. The van der Waals surface area contributed by atoms with Crippen molar-refractivity contribution in [3.63, 3.8) is 0 Å². The maximum atomic E-state index is 9.81. The Balaban J connectivity index is 0.000000135. The summed E-state index contributed by atoms with van der Waals surface area (Å²) in [6.07, 6.45) is 3.60. The van der Waals surface area contributed by atoms with E-state index in [4.69, 9.17) is 26.6 Å². The van der Waals surface area contributed by atoms with E-state index < -0.39 is 7.12 Å². The quantitative estimate of drug-likeness (QED) is 0.127. The fraction of sp³-hybridized carbons (Fsp3) is 0.0769. The Kier molecular flexibility index (Phi) is 18.1. The largest absolute Gasteiger partial charge is 0.489 e.